The highest BCUT2D eigenvalue weighted by atomic mass is 16.1. The van der Waals surface area contributed by atoms with Crippen LogP contribution in [0.25, 0.3) is 0 Å². The molecule has 0 aromatic heterocycles. The van der Waals surface area contributed by atoms with Gasteiger partial charge in [-0.25, -0.2) is 0 Å². The van der Waals surface area contributed by atoms with Crippen molar-refractivity contribution in [2.24, 2.45) is 0 Å². The number of amides is 1. The molecular formula is C17H20N2O. The van der Waals surface area contributed by atoms with E-state index in [1.54, 1.807) is 0 Å². The van der Waals surface area contributed by atoms with E-state index in [0.717, 1.165) is 23.4 Å². The van der Waals surface area contributed by atoms with E-state index in [-0.39, 0.29) is 5.91 Å². The number of hydrogen-bond donors (Lipinski definition) is 2. The fourth-order valence-corrected chi connectivity index (χ4v) is 2.11. The molecule has 2 rings (SSSR count). The van der Waals surface area contributed by atoms with Crippen molar-refractivity contribution in [3.05, 3.63) is 59.2 Å². The standard InChI is InChI=1S/C17H20N2O/c1-4-13-5-8-15(9-6-13)19-17(20)14-7-10-16(18-3)12(2)11-14/h5-11,18H,4H2,1-3H3,(H,19,20). The molecule has 20 heavy (non-hydrogen) atoms. The number of benzene rings is 2. The fourth-order valence-electron chi connectivity index (χ4n) is 2.11. The van der Waals surface area contributed by atoms with Crippen molar-refractivity contribution in [2.75, 3.05) is 17.7 Å². The van der Waals surface area contributed by atoms with Crippen molar-refractivity contribution in [1.29, 1.82) is 0 Å². The van der Waals surface area contributed by atoms with Crippen LogP contribution < -0.4 is 10.6 Å². The zero-order chi connectivity index (χ0) is 14.5. The lowest BCUT2D eigenvalue weighted by atomic mass is 10.1. The Kier molecular flexibility index (Phi) is 4.41. The van der Waals surface area contributed by atoms with Gasteiger partial charge in [-0.3, -0.25) is 4.79 Å². The van der Waals surface area contributed by atoms with Crippen LogP contribution in [0.4, 0.5) is 11.4 Å². The topological polar surface area (TPSA) is 41.1 Å². The second-order valence-corrected chi connectivity index (χ2v) is 4.78. The molecule has 0 unspecified atom stereocenters. The third-order valence-electron chi connectivity index (χ3n) is 3.38. The second kappa shape index (κ2) is 6.24. The van der Waals surface area contributed by atoms with Gasteiger partial charge in [-0.15, -0.1) is 0 Å². The first-order valence-electron chi connectivity index (χ1n) is 6.82. The quantitative estimate of drug-likeness (QED) is 0.884. The third-order valence-corrected chi connectivity index (χ3v) is 3.38. The summed E-state index contributed by atoms with van der Waals surface area (Å²) in [6.07, 6.45) is 0.999. The van der Waals surface area contributed by atoms with Gasteiger partial charge in [0.05, 0.1) is 0 Å². The van der Waals surface area contributed by atoms with Crippen LogP contribution in [-0.2, 0) is 6.42 Å². The maximum Gasteiger partial charge on any atom is 0.255 e. The van der Waals surface area contributed by atoms with Crippen LogP contribution in [0.15, 0.2) is 42.5 Å². The minimum Gasteiger partial charge on any atom is -0.388 e. The summed E-state index contributed by atoms with van der Waals surface area (Å²) in [7, 11) is 1.87. The molecule has 1 amide bonds. The van der Waals surface area contributed by atoms with Gasteiger partial charge in [0.25, 0.3) is 5.91 Å². The Morgan fingerprint density at radius 3 is 2.35 bits per heavy atom. The van der Waals surface area contributed by atoms with Gasteiger partial charge in [0, 0.05) is 24.0 Å². The Labute approximate surface area is 120 Å². The molecule has 104 valence electrons. The van der Waals surface area contributed by atoms with Gasteiger partial charge in [-0.2, -0.15) is 0 Å². The number of rotatable bonds is 4. The zero-order valence-corrected chi connectivity index (χ0v) is 12.2. The molecule has 3 heteroatoms. The van der Waals surface area contributed by atoms with Gasteiger partial charge in [0.15, 0.2) is 0 Å². The lowest BCUT2D eigenvalue weighted by Gasteiger charge is -2.09. The summed E-state index contributed by atoms with van der Waals surface area (Å²) in [5.74, 6) is -0.0833. The van der Waals surface area contributed by atoms with Gasteiger partial charge in [0.1, 0.15) is 0 Å². The zero-order valence-electron chi connectivity index (χ0n) is 12.2. The number of carbonyl (C=O) groups is 1. The molecule has 0 fully saturated rings. The molecule has 2 aromatic rings. The van der Waals surface area contributed by atoms with E-state index in [9.17, 15) is 4.79 Å². The molecule has 2 aromatic carbocycles. The lowest BCUT2D eigenvalue weighted by molar-refractivity contribution is 0.102. The van der Waals surface area contributed by atoms with E-state index in [1.165, 1.54) is 5.56 Å². The maximum atomic E-state index is 12.2. The first-order chi connectivity index (χ1) is 9.63. The molecule has 0 bridgehead atoms. The second-order valence-electron chi connectivity index (χ2n) is 4.78. The van der Waals surface area contributed by atoms with E-state index in [1.807, 2.05) is 56.4 Å². The smallest absolute Gasteiger partial charge is 0.255 e. The summed E-state index contributed by atoms with van der Waals surface area (Å²) in [4.78, 5) is 12.2. The lowest BCUT2D eigenvalue weighted by Crippen LogP contribution is -2.12. The Hall–Kier alpha value is -2.29. The van der Waals surface area contributed by atoms with Crippen LogP contribution >= 0.6 is 0 Å². The van der Waals surface area contributed by atoms with Crippen molar-refractivity contribution in [3.63, 3.8) is 0 Å². The largest absolute Gasteiger partial charge is 0.388 e. The van der Waals surface area contributed by atoms with Gasteiger partial charge >= 0.3 is 0 Å². The summed E-state index contributed by atoms with van der Waals surface area (Å²) < 4.78 is 0. The van der Waals surface area contributed by atoms with Crippen LogP contribution in [0, 0.1) is 6.92 Å². The van der Waals surface area contributed by atoms with Crippen molar-refractivity contribution in [1.82, 2.24) is 0 Å². The van der Waals surface area contributed by atoms with Crippen LogP contribution in [0.5, 0.6) is 0 Å². The minimum atomic E-state index is -0.0833. The summed E-state index contributed by atoms with van der Waals surface area (Å²) in [5, 5.41) is 6.01. The SMILES string of the molecule is CCc1ccc(NC(=O)c2ccc(NC)c(C)c2)cc1. The van der Waals surface area contributed by atoms with Gasteiger partial charge in [0.2, 0.25) is 0 Å². The van der Waals surface area contributed by atoms with E-state index >= 15 is 0 Å². The molecular weight excluding hydrogens is 248 g/mol. The predicted octanol–water partition coefficient (Wildman–Crippen LogP) is 3.85. The van der Waals surface area contributed by atoms with Crippen LogP contribution in [0.2, 0.25) is 0 Å². The molecule has 0 atom stereocenters. The fraction of sp³-hybridized carbons (Fsp3) is 0.235. The summed E-state index contributed by atoms with van der Waals surface area (Å²) >= 11 is 0. The minimum absolute atomic E-state index is 0.0833. The van der Waals surface area contributed by atoms with Crippen LogP contribution in [0.1, 0.15) is 28.4 Å². The monoisotopic (exact) mass is 268 g/mol. The van der Waals surface area contributed by atoms with E-state index in [0.29, 0.717) is 5.56 Å². The van der Waals surface area contributed by atoms with Crippen molar-refractivity contribution in [3.8, 4) is 0 Å². The Morgan fingerprint density at radius 1 is 1.10 bits per heavy atom. The molecule has 0 radical (unpaired) electrons. The molecule has 0 saturated heterocycles. The number of nitrogens with one attached hydrogen (secondary N) is 2. The first kappa shape index (κ1) is 14.1. The third kappa shape index (κ3) is 3.18. The highest BCUT2D eigenvalue weighted by Gasteiger charge is 2.07. The van der Waals surface area contributed by atoms with Gasteiger partial charge in [-0.1, -0.05) is 19.1 Å². The summed E-state index contributed by atoms with van der Waals surface area (Å²) in [5.41, 5.74) is 4.84. The summed E-state index contributed by atoms with van der Waals surface area (Å²) in [6, 6.07) is 13.6. The maximum absolute atomic E-state index is 12.2. The van der Waals surface area contributed by atoms with Crippen LogP contribution in [0.3, 0.4) is 0 Å². The highest BCUT2D eigenvalue weighted by Crippen LogP contribution is 2.17. The molecule has 3 nitrogen and oxygen atoms in total. The van der Waals surface area contributed by atoms with Crippen molar-refractivity contribution >= 4 is 17.3 Å². The molecule has 0 saturated carbocycles. The average Bonchev–Trinajstić information content (AvgIpc) is 2.48. The molecule has 2 N–H and O–H groups in total. The number of aryl methyl sites for hydroxylation is 2. The number of anilines is 2. The summed E-state index contributed by atoms with van der Waals surface area (Å²) in [6.45, 7) is 4.10. The van der Waals surface area contributed by atoms with Crippen molar-refractivity contribution < 1.29 is 4.79 Å². The molecule has 0 heterocycles. The van der Waals surface area contributed by atoms with E-state index in [2.05, 4.69) is 17.6 Å². The Bertz CT molecular complexity index is 603. The first-order valence-corrected chi connectivity index (χ1v) is 6.82. The Morgan fingerprint density at radius 2 is 1.80 bits per heavy atom. The molecule has 0 spiro atoms. The Balaban J connectivity index is 2.12. The predicted molar refractivity (Wildman–Crippen MR) is 84.5 cm³/mol. The average molecular weight is 268 g/mol. The van der Waals surface area contributed by atoms with E-state index in [4.69, 9.17) is 0 Å². The number of carbonyl (C=O) groups excluding carboxylic acids is 1. The van der Waals surface area contributed by atoms with E-state index < -0.39 is 0 Å². The van der Waals surface area contributed by atoms with Crippen LogP contribution in [-0.4, -0.2) is 13.0 Å². The molecule has 0 aliphatic rings. The normalized spacial score (nSPS) is 10.2. The highest BCUT2D eigenvalue weighted by molar-refractivity contribution is 6.04. The van der Waals surface area contributed by atoms with Gasteiger partial charge in [-0.05, 0) is 54.8 Å². The molecule has 0 aliphatic heterocycles. The molecule has 0 aliphatic carbocycles. The number of hydrogen-bond acceptors (Lipinski definition) is 2. The van der Waals surface area contributed by atoms with Gasteiger partial charge < -0.3 is 10.6 Å². The van der Waals surface area contributed by atoms with Crippen molar-refractivity contribution in [2.45, 2.75) is 20.3 Å².